The molecule has 0 saturated carbocycles. The van der Waals surface area contributed by atoms with E-state index < -0.39 is 19.3 Å². The summed E-state index contributed by atoms with van der Waals surface area (Å²) in [6, 6.07) is 0. The molecule has 0 fully saturated rings. The maximum absolute atomic E-state index is 9.90. The van der Waals surface area contributed by atoms with Crippen LogP contribution in [0.4, 0.5) is 0 Å². The first-order valence-electron chi connectivity index (χ1n) is 2.89. The summed E-state index contributed by atoms with van der Waals surface area (Å²) in [5, 5.41) is 41.3. The van der Waals surface area contributed by atoms with Crippen LogP contribution in [0.15, 0.2) is 11.6 Å². The molecule has 0 aliphatic carbocycles. The average Bonchev–Trinajstić information content (AvgIpc) is 1.83. The van der Waals surface area contributed by atoms with Crippen LogP contribution in [-0.2, 0) is 9.59 Å². The Balaban J connectivity index is -0.0000000511. The molecule has 0 saturated heterocycles. The van der Waals surface area contributed by atoms with Crippen LogP contribution in [0.25, 0.3) is 0 Å². The molecular weight excluding hydrogens is 204 g/mol. The Bertz CT molecular complexity index is 217. The minimum atomic E-state index is -2.92. The smallest absolute Gasteiger partial charge is 0.907 e. The Morgan fingerprint density at radius 2 is 1.31 bits per heavy atom. The summed E-state index contributed by atoms with van der Waals surface area (Å²) >= 11 is 0. The first-order valence-corrected chi connectivity index (χ1v) is 2.89. The summed E-state index contributed by atoms with van der Waals surface area (Å²) in [4.78, 5) is 19.7. The van der Waals surface area contributed by atoms with Crippen LogP contribution in [0.1, 0.15) is 6.92 Å². The van der Waals surface area contributed by atoms with Gasteiger partial charge in [0, 0.05) is 11.6 Å². The monoisotopic (exact) mass is 210 g/mol. The van der Waals surface area contributed by atoms with Crippen molar-refractivity contribution >= 4 is 19.3 Å². The maximum atomic E-state index is 9.90. The molecule has 0 heterocycles. The number of carbonyl (C=O) groups is 2. The van der Waals surface area contributed by atoms with Crippen molar-refractivity contribution < 1.29 is 91.5 Å². The van der Waals surface area contributed by atoms with Crippen LogP contribution >= 0.6 is 0 Å². The molecule has 0 atom stereocenters. The van der Waals surface area contributed by atoms with Crippen LogP contribution in [0.3, 0.4) is 0 Å². The second-order valence-electron chi connectivity index (χ2n) is 1.76. The first kappa shape index (κ1) is 29.9. The summed E-state index contributed by atoms with van der Waals surface area (Å²) in [6.45, 7) is 1.22. The van der Waals surface area contributed by atoms with Crippen molar-refractivity contribution in [2.24, 2.45) is 0 Å². The van der Waals surface area contributed by atoms with Crippen LogP contribution in [0.5, 0.6) is 0 Å². The van der Waals surface area contributed by atoms with E-state index in [1.54, 1.807) is 0 Å². The van der Waals surface area contributed by atoms with Gasteiger partial charge in [-0.2, -0.15) is 0 Å². The summed E-state index contributed by atoms with van der Waals surface area (Å²) < 4.78 is 0. The molecule has 0 amide bonds. The summed E-state index contributed by atoms with van der Waals surface area (Å²) in [7, 11) is -2.92. The second-order valence-corrected chi connectivity index (χ2v) is 1.76. The number of hydrogen-bond donors (Lipinski definition) is 2. The maximum Gasteiger partial charge on any atom is 1.00 e. The molecule has 74 valence electrons. The summed E-state index contributed by atoms with van der Waals surface area (Å²) in [6.07, 6.45) is 0.641. The van der Waals surface area contributed by atoms with Crippen molar-refractivity contribution in [1.82, 2.24) is 0 Å². The van der Waals surface area contributed by atoms with Gasteiger partial charge in [-0.1, -0.05) is 0 Å². The van der Waals surface area contributed by atoms with Crippen molar-refractivity contribution in [2.45, 2.75) is 6.92 Å². The largest absolute Gasteiger partial charge is 1.00 e. The third-order valence-electron chi connectivity index (χ3n) is 0.677. The molecule has 0 spiro atoms. The Labute approximate surface area is 129 Å². The summed E-state index contributed by atoms with van der Waals surface area (Å²) in [5.74, 6) is -2.45. The van der Waals surface area contributed by atoms with Crippen LogP contribution in [0, 0.1) is 0 Å². The Morgan fingerprint density at radius 3 is 1.38 bits per heavy atom. The summed E-state index contributed by atoms with van der Waals surface area (Å²) in [5.41, 5.74) is -0.178. The fourth-order valence-corrected chi connectivity index (χ4v) is 0.247. The van der Waals surface area contributed by atoms with E-state index in [4.69, 9.17) is 25.3 Å². The Hall–Kier alpha value is 0.417. The van der Waals surface area contributed by atoms with Gasteiger partial charge in [-0.25, -0.2) is 9.59 Å². The fourth-order valence-electron chi connectivity index (χ4n) is 0.247. The Morgan fingerprint density at radius 1 is 1.06 bits per heavy atom. The van der Waals surface area contributed by atoms with Crippen molar-refractivity contribution in [3.8, 4) is 0 Å². The zero-order chi connectivity index (χ0) is 11.0. The van der Waals surface area contributed by atoms with Crippen molar-refractivity contribution in [1.29, 1.82) is 0 Å². The molecular formula is C5H6BLi3O7. The van der Waals surface area contributed by atoms with E-state index in [1.165, 1.54) is 6.92 Å². The quantitative estimate of drug-likeness (QED) is 0.339. The van der Waals surface area contributed by atoms with E-state index in [2.05, 4.69) is 0 Å². The molecule has 7 nitrogen and oxygen atoms in total. The van der Waals surface area contributed by atoms with E-state index in [-0.39, 0.29) is 62.2 Å². The van der Waals surface area contributed by atoms with E-state index in [1.807, 2.05) is 0 Å². The van der Waals surface area contributed by atoms with Crippen molar-refractivity contribution in [3.63, 3.8) is 0 Å². The normalized spacial score (nSPS) is 7.88. The molecule has 16 heavy (non-hydrogen) atoms. The zero-order valence-electron chi connectivity index (χ0n) is 9.59. The molecule has 2 N–H and O–H groups in total. The van der Waals surface area contributed by atoms with Gasteiger partial charge in [0.05, 0.1) is 0 Å². The molecule has 11 heteroatoms. The third kappa shape index (κ3) is 36.6. The topological polar surface area (TPSA) is 144 Å². The second kappa shape index (κ2) is 17.8. The minimum Gasteiger partial charge on any atom is -0.907 e. The predicted octanol–water partition coefficient (Wildman–Crippen LogP) is -12.8. The SMILES string of the molecule is C/C(=C/C(=O)O)C(=O)O.[Li+].[Li+].[Li+].[O-]B([O-])[O-]. The van der Waals surface area contributed by atoms with Gasteiger partial charge in [-0.3, -0.25) is 7.32 Å². The van der Waals surface area contributed by atoms with Crippen LogP contribution < -0.4 is 71.7 Å². The van der Waals surface area contributed by atoms with Gasteiger partial charge in [0.25, 0.3) is 0 Å². The van der Waals surface area contributed by atoms with Gasteiger partial charge < -0.3 is 25.3 Å². The van der Waals surface area contributed by atoms with Gasteiger partial charge in [-0.05, 0) is 6.92 Å². The van der Waals surface area contributed by atoms with Gasteiger partial charge in [0.15, 0.2) is 0 Å². The van der Waals surface area contributed by atoms with Gasteiger partial charge in [0.1, 0.15) is 0 Å². The number of rotatable bonds is 2. The van der Waals surface area contributed by atoms with Crippen LogP contribution in [0.2, 0.25) is 0 Å². The first-order chi connectivity index (χ1) is 5.77. The molecule has 0 aromatic carbocycles. The molecule has 0 aliphatic rings. The molecule has 0 rings (SSSR count). The minimum absolute atomic E-state index is 0. The van der Waals surface area contributed by atoms with Crippen molar-refractivity contribution in [2.75, 3.05) is 0 Å². The molecule has 0 unspecified atom stereocenters. The van der Waals surface area contributed by atoms with Gasteiger partial charge in [-0.15, -0.1) is 0 Å². The molecule has 0 aromatic rings. The van der Waals surface area contributed by atoms with E-state index in [0.29, 0.717) is 6.08 Å². The number of hydrogen-bond acceptors (Lipinski definition) is 5. The van der Waals surface area contributed by atoms with E-state index in [0.717, 1.165) is 0 Å². The van der Waals surface area contributed by atoms with E-state index in [9.17, 15) is 9.59 Å². The standard InChI is InChI=1S/C5H6O4.BO3.3Li/c1-3(5(8)9)2-4(6)7;2-1(3)4;;;/h2H,1H3,(H,6,7)(H,8,9);;;;/q;-3;3*+1/b3-2-;;;;. The third-order valence-corrected chi connectivity index (χ3v) is 0.677. The number of aliphatic carboxylic acids is 2. The molecule has 0 bridgehead atoms. The van der Waals surface area contributed by atoms with Crippen molar-refractivity contribution in [3.05, 3.63) is 11.6 Å². The van der Waals surface area contributed by atoms with Gasteiger partial charge >= 0.3 is 68.5 Å². The average molecular weight is 210 g/mol. The van der Waals surface area contributed by atoms with Gasteiger partial charge in [0.2, 0.25) is 0 Å². The zero-order valence-corrected chi connectivity index (χ0v) is 9.59. The van der Waals surface area contributed by atoms with E-state index >= 15 is 0 Å². The fraction of sp³-hybridized carbons (Fsp3) is 0.200. The molecule has 0 radical (unpaired) electrons. The molecule has 0 aliphatic heterocycles. The number of carboxylic acid groups (broad SMARTS) is 2. The predicted molar refractivity (Wildman–Crippen MR) is 34.8 cm³/mol. The van der Waals surface area contributed by atoms with Crippen LogP contribution in [-0.4, -0.2) is 29.5 Å². The molecule has 0 aromatic heterocycles. The Kier molecular flexibility index (Phi) is 33.3. The number of carboxylic acids is 2.